The molecule has 3 aromatic rings. The molecule has 2 aromatic carbocycles. The molecule has 4 amide bonds. The SMILES string of the molecule is O=C(Cc1cccs1)NC1CCN2C(=O)N(c3ccc(Oc4ccccc4)cc3)C(=O)C2C1. The molecule has 33 heavy (non-hydrogen) atoms. The van der Waals surface area contributed by atoms with Crippen molar-refractivity contribution in [3.63, 3.8) is 0 Å². The van der Waals surface area contributed by atoms with Crippen molar-refractivity contribution < 1.29 is 19.1 Å². The molecular weight excluding hydrogens is 438 g/mol. The number of hydrogen-bond acceptors (Lipinski definition) is 5. The molecule has 2 saturated heterocycles. The van der Waals surface area contributed by atoms with E-state index in [1.54, 1.807) is 40.5 Å². The molecule has 2 aliphatic heterocycles. The molecule has 1 N–H and O–H groups in total. The van der Waals surface area contributed by atoms with E-state index in [4.69, 9.17) is 4.74 Å². The number of urea groups is 1. The van der Waals surface area contributed by atoms with E-state index >= 15 is 0 Å². The van der Waals surface area contributed by atoms with Crippen LogP contribution in [0, 0.1) is 0 Å². The smallest absolute Gasteiger partial charge is 0.332 e. The van der Waals surface area contributed by atoms with Gasteiger partial charge in [0.25, 0.3) is 5.91 Å². The average Bonchev–Trinajstić information content (AvgIpc) is 3.41. The Balaban J connectivity index is 1.23. The highest BCUT2D eigenvalue weighted by Gasteiger charge is 2.48. The third-order valence-corrected chi connectivity index (χ3v) is 6.78. The summed E-state index contributed by atoms with van der Waals surface area (Å²) in [6.45, 7) is 0.435. The number of imide groups is 1. The Bertz CT molecular complexity index is 1150. The molecule has 0 bridgehead atoms. The van der Waals surface area contributed by atoms with Gasteiger partial charge < -0.3 is 15.0 Å². The molecule has 2 fully saturated rings. The number of fused-ring (bicyclic) bond motifs is 1. The molecular formula is C25H23N3O4S. The van der Waals surface area contributed by atoms with Crippen molar-refractivity contribution in [2.24, 2.45) is 0 Å². The number of anilines is 1. The number of hydrogen-bond donors (Lipinski definition) is 1. The summed E-state index contributed by atoms with van der Waals surface area (Å²) >= 11 is 1.55. The Morgan fingerprint density at radius 3 is 2.48 bits per heavy atom. The number of rotatable bonds is 6. The van der Waals surface area contributed by atoms with Crippen LogP contribution in [0.4, 0.5) is 10.5 Å². The van der Waals surface area contributed by atoms with Crippen LogP contribution in [-0.2, 0) is 16.0 Å². The monoisotopic (exact) mass is 461 g/mol. The minimum absolute atomic E-state index is 0.0569. The Kier molecular flexibility index (Phi) is 5.83. The number of carbonyl (C=O) groups excluding carboxylic acids is 3. The number of para-hydroxylation sites is 1. The summed E-state index contributed by atoms with van der Waals surface area (Å²) in [5.41, 5.74) is 0.512. The van der Waals surface area contributed by atoms with Crippen molar-refractivity contribution in [2.75, 3.05) is 11.4 Å². The highest BCUT2D eigenvalue weighted by molar-refractivity contribution is 7.10. The number of carbonyl (C=O) groups is 3. The molecule has 5 rings (SSSR count). The molecule has 0 saturated carbocycles. The molecule has 0 aliphatic carbocycles. The van der Waals surface area contributed by atoms with Crippen molar-refractivity contribution in [1.82, 2.24) is 10.2 Å². The van der Waals surface area contributed by atoms with Gasteiger partial charge in [0.05, 0.1) is 12.1 Å². The van der Waals surface area contributed by atoms with Crippen LogP contribution in [0.1, 0.15) is 17.7 Å². The highest BCUT2D eigenvalue weighted by Crippen LogP contribution is 2.32. The summed E-state index contributed by atoms with van der Waals surface area (Å²) in [4.78, 5) is 42.3. The number of amides is 4. The normalized spacial score (nSPS) is 20.0. The number of nitrogens with one attached hydrogen (secondary N) is 1. The van der Waals surface area contributed by atoms with Gasteiger partial charge in [-0.05, 0) is 60.7 Å². The third kappa shape index (κ3) is 4.47. The highest BCUT2D eigenvalue weighted by atomic mass is 32.1. The maximum absolute atomic E-state index is 13.1. The van der Waals surface area contributed by atoms with Crippen molar-refractivity contribution in [3.8, 4) is 11.5 Å². The Morgan fingerprint density at radius 1 is 1.00 bits per heavy atom. The minimum Gasteiger partial charge on any atom is -0.457 e. The second kappa shape index (κ2) is 9.07. The van der Waals surface area contributed by atoms with E-state index in [-0.39, 0.29) is 23.9 Å². The van der Waals surface area contributed by atoms with E-state index < -0.39 is 6.04 Å². The fourth-order valence-corrected chi connectivity index (χ4v) is 5.01. The lowest BCUT2D eigenvalue weighted by Gasteiger charge is -2.32. The lowest BCUT2D eigenvalue weighted by Crippen LogP contribution is -2.50. The van der Waals surface area contributed by atoms with E-state index in [1.165, 1.54) is 4.90 Å². The van der Waals surface area contributed by atoms with Crippen LogP contribution in [0.5, 0.6) is 11.5 Å². The average molecular weight is 462 g/mol. The van der Waals surface area contributed by atoms with E-state index in [0.717, 1.165) is 4.88 Å². The molecule has 3 heterocycles. The van der Waals surface area contributed by atoms with Crippen molar-refractivity contribution in [3.05, 3.63) is 77.0 Å². The predicted octanol–water partition coefficient (Wildman–Crippen LogP) is 4.20. The standard InChI is InChI=1S/C25H23N3O4S/c29-23(16-21-7-4-14-33-21)26-17-12-13-27-22(15-17)24(30)28(25(27)31)18-8-10-20(11-9-18)32-19-5-2-1-3-6-19/h1-11,14,17,22H,12-13,15-16H2,(H,26,29). The zero-order valence-electron chi connectivity index (χ0n) is 17.8. The van der Waals surface area contributed by atoms with Crippen LogP contribution < -0.4 is 15.0 Å². The van der Waals surface area contributed by atoms with Gasteiger partial charge in [-0.2, -0.15) is 0 Å². The lowest BCUT2D eigenvalue weighted by molar-refractivity contribution is -0.124. The summed E-state index contributed by atoms with van der Waals surface area (Å²) in [5, 5.41) is 4.98. The first-order valence-electron chi connectivity index (χ1n) is 10.9. The number of ether oxygens (including phenoxy) is 1. The number of piperidine rings is 1. The molecule has 2 aliphatic rings. The number of thiophene rings is 1. The van der Waals surface area contributed by atoms with Gasteiger partial charge in [-0.1, -0.05) is 24.3 Å². The fraction of sp³-hybridized carbons (Fsp3) is 0.240. The maximum atomic E-state index is 13.1. The molecule has 8 heteroatoms. The Labute approximate surface area is 195 Å². The maximum Gasteiger partial charge on any atom is 0.332 e. The first-order chi connectivity index (χ1) is 16.1. The van der Waals surface area contributed by atoms with E-state index in [1.807, 2.05) is 47.8 Å². The number of nitrogens with zero attached hydrogens (tertiary/aromatic N) is 2. The van der Waals surface area contributed by atoms with Gasteiger partial charge in [0.2, 0.25) is 5.91 Å². The second-order valence-corrected chi connectivity index (χ2v) is 9.15. The number of benzene rings is 2. The van der Waals surface area contributed by atoms with E-state index in [2.05, 4.69) is 5.32 Å². The molecule has 1 aromatic heterocycles. The van der Waals surface area contributed by atoms with Gasteiger partial charge >= 0.3 is 6.03 Å². The van der Waals surface area contributed by atoms with Crippen LogP contribution in [-0.4, -0.2) is 41.4 Å². The third-order valence-electron chi connectivity index (χ3n) is 5.90. The molecule has 7 nitrogen and oxygen atoms in total. The summed E-state index contributed by atoms with van der Waals surface area (Å²) in [6, 6.07) is 19.2. The van der Waals surface area contributed by atoms with Crippen molar-refractivity contribution >= 4 is 34.9 Å². The molecule has 0 radical (unpaired) electrons. The van der Waals surface area contributed by atoms with Crippen molar-refractivity contribution in [2.45, 2.75) is 31.3 Å². The van der Waals surface area contributed by atoms with Crippen LogP contribution >= 0.6 is 11.3 Å². The van der Waals surface area contributed by atoms with Gasteiger partial charge in [0.1, 0.15) is 17.5 Å². The summed E-state index contributed by atoms with van der Waals surface area (Å²) < 4.78 is 5.79. The van der Waals surface area contributed by atoms with Gasteiger partial charge in [0, 0.05) is 17.5 Å². The fourth-order valence-electron chi connectivity index (χ4n) is 4.31. The van der Waals surface area contributed by atoms with Gasteiger partial charge in [0.15, 0.2) is 0 Å². The molecule has 0 spiro atoms. The second-order valence-electron chi connectivity index (χ2n) is 8.12. The summed E-state index contributed by atoms with van der Waals surface area (Å²) in [5.74, 6) is 1.02. The van der Waals surface area contributed by atoms with Gasteiger partial charge in [-0.25, -0.2) is 9.69 Å². The van der Waals surface area contributed by atoms with Crippen LogP contribution in [0.2, 0.25) is 0 Å². The zero-order chi connectivity index (χ0) is 22.8. The summed E-state index contributed by atoms with van der Waals surface area (Å²) in [6.07, 6.45) is 1.38. The van der Waals surface area contributed by atoms with Crippen LogP contribution in [0.3, 0.4) is 0 Å². The Morgan fingerprint density at radius 2 is 1.76 bits per heavy atom. The Hall–Kier alpha value is -3.65. The minimum atomic E-state index is -0.557. The van der Waals surface area contributed by atoms with Gasteiger partial charge in [-0.3, -0.25) is 9.59 Å². The zero-order valence-corrected chi connectivity index (χ0v) is 18.7. The van der Waals surface area contributed by atoms with Gasteiger partial charge in [-0.15, -0.1) is 11.3 Å². The van der Waals surface area contributed by atoms with E-state index in [0.29, 0.717) is 43.0 Å². The van der Waals surface area contributed by atoms with Crippen LogP contribution in [0.25, 0.3) is 0 Å². The largest absolute Gasteiger partial charge is 0.457 e. The topological polar surface area (TPSA) is 79.0 Å². The molecule has 168 valence electrons. The predicted molar refractivity (Wildman–Crippen MR) is 126 cm³/mol. The van der Waals surface area contributed by atoms with Crippen LogP contribution in [0.15, 0.2) is 72.1 Å². The van der Waals surface area contributed by atoms with Crippen molar-refractivity contribution in [1.29, 1.82) is 0 Å². The first-order valence-corrected chi connectivity index (χ1v) is 11.8. The van der Waals surface area contributed by atoms with E-state index in [9.17, 15) is 14.4 Å². The quantitative estimate of drug-likeness (QED) is 0.558. The molecule has 2 atom stereocenters. The lowest BCUT2D eigenvalue weighted by atomic mass is 9.97. The first kappa shape index (κ1) is 21.2. The summed E-state index contributed by atoms with van der Waals surface area (Å²) in [7, 11) is 0. The molecule has 2 unspecified atom stereocenters.